The molecule has 6 heteroatoms. The number of fused-ring (bicyclic) bond motifs is 2. The van der Waals surface area contributed by atoms with Crippen LogP contribution in [0.4, 0.5) is 10.6 Å². The summed E-state index contributed by atoms with van der Waals surface area (Å²) in [6.45, 7) is 7.09. The molecule has 0 N–H and O–H groups in total. The monoisotopic (exact) mass is 290 g/mol. The minimum Gasteiger partial charge on any atom is -0.444 e. The van der Waals surface area contributed by atoms with E-state index in [1.54, 1.807) is 18.6 Å². The molecular formula is C15H22N4O2. The van der Waals surface area contributed by atoms with Crippen molar-refractivity contribution in [3.63, 3.8) is 0 Å². The minimum atomic E-state index is -0.446. The molecule has 0 saturated carbocycles. The second kappa shape index (κ2) is 5.16. The van der Waals surface area contributed by atoms with E-state index in [0.717, 1.165) is 18.7 Å². The van der Waals surface area contributed by atoms with Crippen LogP contribution in [0.3, 0.4) is 0 Å². The summed E-state index contributed by atoms with van der Waals surface area (Å²) < 4.78 is 5.48. The van der Waals surface area contributed by atoms with Crippen molar-refractivity contribution >= 4 is 11.9 Å². The first-order chi connectivity index (χ1) is 9.94. The van der Waals surface area contributed by atoms with E-state index in [9.17, 15) is 4.79 Å². The SMILES string of the molecule is CC(C)(C)OC(=O)N1C[C@@H]2CC[C@@H](C1)N2c1cnccn1. The van der Waals surface area contributed by atoms with Crippen LogP contribution in [0.25, 0.3) is 0 Å². The van der Waals surface area contributed by atoms with Crippen molar-refractivity contribution < 1.29 is 9.53 Å². The van der Waals surface area contributed by atoms with E-state index in [0.29, 0.717) is 25.2 Å². The van der Waals surface area contributed by atoms with E-state index in [2.05, 4.69) is 14.9 Å². The third kappa shape index (κ3) is 2.94. The number of likely N-dealkylation sites (tertiary alicyclic amines) is 1. The van der Waals surface area contributed by atoms with Crippen molar-refractivity contribution in [2.75, 3.05) is 18.0 Å². The molecule has 1 aromatic heterocycles. The third-order valence-electron chi connectivity index (χ3n) is 3.95. The summed E-state index contributed by atoms with van der Waals surface area (Å²) in [6, 6.07) is 0.626. The number of aromatic nitrogens is 2. The van der Waals surface area contributed by atoms with Crippen molar-refractivity contribution in [1.29, 1.82) is 0 Å². The number of nitrogens with zero attached hydrogens (tertiary/aromatic N) is 4. The van der Waals surface area contributed by atoms with Crippen molar-refractivity contribution in [3.8, 4) is 0 Å². The Labute approximate surface area is 125 Å². The Morgan fingerprint density at radius 2 is 1.90 bits per heavy atom. The van der Waals surface area contributed by atoms with Crippen LogP contribution in [-0.2, 0) is 4.74 Å². The second-order valence-electron chi connectivity index (χ2n) is 6.74. The topological polar surface area (TPSA) is 58.6 Å². The van der Waals surface area contributed by atoms with Crippen LogP contribution in [-0.4, -0.2) is 51.7 Å². The van der Waals surface area contributed by atoms with Crippen LogP contribution in [0, 0.1) is 0 Å². The maximum absolute atomic E-state index is 12.2. The number of anilines is 1. The van der Waals surface area contributed by atoms with Gasteiger partial charge in [0.15, 0.2) is 0 Å². The molecule has 2 aliphatic rings. The van der Waals surface area contributed by atoms with Crippen molar-refractivity contribution in [3.05, 3.63) is 18.6 Å². The number of hydrogen-bond acceptors (Lipinski definition) is 5. The zero-order chi connectivity index (χ0) is 15.0. The van der Waals surface area contributed by atoms with Gasteiger partial charge in [0, 0.05) is 37.6 Å². The van der Waals surface area contributed by atoms with E-state index in [4.69, 9.17) is 4.74 Å². The summed E-state index contributed by atoms with van der Waals surface area (Å²) in [5.74, 6) is 0.911. The van der Waals surface area contributed by atoms with E-state index < -0.39 is 5.60 Å². The number of carbonyl (C=O) groups excluding carboxylic acids is 1. The van der Waals surface area contributed by atoms with Gasteiger partial charge < -0.3 is 14.5 Å². The van der Waals surface area contributed by atoms with Gasteiger partial charge in [-0.3, -0.25) is 4.98 Å². The van der Waals surface area contributed by atoms with E-state index in [-0.39, 0.29) is 6.09 Å². The summed E-state index contributed by atoms with van der Waals surface area (Å²) in [7, 11) is 0. The summed E-state index contributed by atoms with van der Waals surface area (Å²) in [5, 5.41) is 0. The maximum Gasteiger partial charge on any atom is 0.410 e. The van der Waals surface area contributed by atoms with Crippen LogP contribution in [0.2, 0.25) is 0 Å². The zero-order valence-corrected chi connectivity index (χ0v) is 12.8. The molecule has 0 radical (unpaired) electrons. The quantitative estimate of drug-likeness (QED) is 0.792. The number of amides is 1. The molecule has 0 aromatic carbocycles. The predicted molar refractivity (Wildman–Crippen MR) is 79.1 cm³/mol. The van der Waals surface area contributed by atoms with Gasteiger partial charge in [-0.15, -0.1) is 0 Å². The third-order valence-corrected chi connectivity index (χ3v) is 3.95. The highest BCUT2D eigenvalue weighted by atomic mass is 16.6. The number of piperazine rings is 1. The lowest BCUT2D eigenvalue weighted by atomic mass is 10.2. The smallest absolute Gasteiger partial charge is 0.410 e. The van der Waals surface area contributed by atoms with E-state index >= 15 is 0 Å². The zero-order valence-electron chi connectivity index (χ0n) is 12.8. The van der Waals surface area contributed by atoms with Gasteiger partial charge in [-0.25, -0.2) is 9.78 Å². The van der Waals surface area contributed by atoms with Gasteiger partial charge in [-0.05, 0) is 33.6 Å². The first-order valence-electron chi connectivity index (χ1n) is 7.46. The molecule has 2 saturated heterocycles. The van der Waals surface area contributed by atoms with Gasteiger partial charge in [-0.2, -0.15) is 0 Å². The lowest BCUT2D eigenvalue weighted by Gasteiger charge is -2.41. The summed E-state index contributed by atoms with van der Waals surface area (Å²) in [6.07, 6.45) is 7.16. The summed E-state index contributed by atoms with van der Waals surface area (Å²) >= 11 is 0. The number of rotatable bonds is 1. The van der Waals surface area contributed by atoms with Crippen molar-refractivity contribution in [2.24, 2.45) is 0 Å². The van der Waals surface area contributed by atoms with Crippen LogP contribution in [0.15, 0.2) is 18.6 Å². The minimum absolute atomic E-state index is 0.210. The first-order valence-corrected chi connectivity index (χ1v) is 7.46. The molecule has 0 aliphatic carbocycles. The number of hydrogen-bond donors (Lipinski definition) is 0. The number of carbonyl (C=O) groups is 1. The molecule has 3 rings (SSSR count). The van der Waals surface area contributed by atoms with Gasteiger partial charge in [0.05, 0.1) is 6.20 Å². The highest BCUT2D eigenvalue weighted by molar-refractivity contribution is 5.69. The molecule has 2 fully saturated rings. The van der Waals surface area contributed by atoms with Crippen molar-refractivity contribution in [2.45, 2.75) is 51.3 Å². The highest BCUT2D eigenvalue weighted by Crippen LogP contribution is 2.33. The van der Waals surface area contributed by atoms with Gasteiger partial charge in [-0.1, -0.05) is 0 Å². The Morgan fingerprint density at radius 3 is 2.43 bits per heavy atom. The average molecular weight is 290 g/mol. The molecule has 21 heavy (non-hydrogen) atoms. The lowest BCUT2D eigenvalue weighted by Crippen LogP contribution is -2.56. The van der Waals surface area contributed by atoms with E-state index in [1.807, 2.05) is 25.7 Å². The number of ether oxygens (including phenoxy) is 1. The Kier molecular flexibility index (Phi) is 3.47. The normalized spacial score (nSPS) is 25.1. The molecule has 114 valence electrons. The fraction of sp³-hybridized carbons (Fsp3) is 0.667. The summed E-state index contributed by atoms with van der Waals surface area (Å²) in [4.78, 5) is 24.9. The second-order valence-corrected chi connectivity index (χ2v) is 6.74. The maximum atomic E-state index is 12.2. The Bertz CT molecular complexity index is 500. The molecular weight excluding hydrogens is 268 g/mol. The highest BCUT2D eigenvalue weighted by Gasteiger charge is 2.43. The van der Waals surface area contributed by atoms with Gasteiger partial charge >= 0.3 is 6.09 Å². The average Bonchev–Trinajstić information content (AvgIpc) is 2.68. The Morgan fingerprint density at radius 1 is 1.24 bits per heavy atom. The molecule has 0 spiro atoms. The molecule has 2 aliphatic heterocycles. The molecule has 2 atom stereocenters. The predicted octanol–water partition coefficient (Wildman–Crippen LogP) is 2.06. The van der Waals surface area contributed by atoms with Crippen molar-refractivity contribution in [1.82, 2.24) is 14.9 Å². The van der Waals surface area contributed by atoms with Gasteiger partial charge in [0.1, 0.15) is 11.4 Å². The summed E-state index contributed by atoms with van der Waals surface area (Å²) in [5.41, 5.74) is -0.446. The molecule has 1 amide bonds. The van der Waals surface area contributed by atoms with Crippen LogP contribution < -0.4 is 4.90 Å². The van der Waals surface area contributed by atoms with E-state index in [1.165, 1.54) is 0 Å². The van der Waals surface area contributed by atoms with Crippen LogP contribution in [0.5, 0.6) is 0 Å². The Balaban J connectivity index is 1.71. The van der Waals surface area contributed by atoms with Gasteiger partial charge in [0.25, 0.3) is 0 Å². The molecule has 0 unspecified atom stereocenters. The largest absolute Gasteiger partial charge is 0.444 e. The fourth-order valence-corrected chi connectivity index (χ4v) is 3.18. The standard InChI is InChI=1S/C15H22N4O2/c1-15(2,3)21-14(20)18-9-11-4-5-12(10-18)19(11)13-8-16-6-7-17-13/h6-8,11-12H,4-5,9-10H2,1-3H3/t11-,12-/m0/s1. The fourth-order valence-electron chi connectivity index (χ4n) is 3.18. The van der Waals surface area contributed by atoms with Gasteiger partial charge in [0.2, 0.25) is 0 Å². The molecule has 6 nitrogen and oxygen atoms in total. The van der Waals surface area contributed by atoms with Crippen LogP contribution in [0.1, 0.15) is 33.6 Å². The first kappa shape index (κ1) is 14.1. The molecule has 2 bridgehead atoms. The van der Waals surface area contributed by atoms with Crippen LogP contribution >= 0.6 is 0 Å². The molecule has 3 heterocycles. The lowest BCUT2D eigenvalue weighted by molar-refractivity contribution is 0.0209. The molecule has 1 aromatic rings. The Hall–Kier alpha value is -1.85.